The molecule has 3 saturated heterocycles. The molecule has 6 nitrogen and oxygen atoms in total. The van der Waals surface area contributed by atoms with E-state index in [2.05, 4.69) is 23.6 Å². The van der Waals surface area contributed by atoms with Crippen LogP contribution in [-0.2, 0) is 14.3 Å². The third-order valence-electron chi connectivity index (χ3n) is 6.88. The van der Waals surface area contributed by atoms with Gasteiger partial charge in [0.2, 0.25) is 11.8 Å². The first-order chi connectivity index (χ1) is 13.8. The topological polar surface area (TPSA) is 53.1 Å². The lowest BCUT2D eigenvalue weighted by atomic mass is 9.78. The predicted molar refractivity (Wildman–Crippen MR) is 114 cm³/mol. The number of carbonyl (C=O) groups excluding carboxylic acids is 2. The van der Waals surface area contributed by atoms with Gasteiger partial charge in [-0.15, -0.1) is 0 Å². The summed E-state index contributed by atoms with van der Waals surface area (Å²) in [4.78, 5) is 31.5. The van der Waals surface area contributed by atoms with Crippen LogP contribution in [0.3, 0.4) is 0 Å². The van der Waals surface area contributed by atoms with Crippen molar-refractivity contribution in [2.24, 2.45) is 23.7 Å². The first kappa shape index (κ1) is 22.5. The first-order valence-corrected chi connectivity index (χ1v) is 11.7. The van der Waals surface area contributed by atoms with Crippen molar-refractivity contribution < 1.29 is 14.3 Å². The first-order valence-electron chi connectivity index (χ1n) is 11.7. The Bertz CT molecular complexity index is 544. The number of ether oxygens (including phenoxy) is 1. The Morgan fingerprint density at radius 1 is 0.862 bits per heavy atom. The van der Waals surface area contributed by atoms with Gasteiger partial charge in [-0.25, -0.2) is 0 Å². The summed E-state index contributed by atoms with van der Waals surface area (Å²) >= 11 is 0. The fraction of sp³-hybridized carbons (Fsp3) is 0.913. The molecule has 2 amide bonds. The molecule has 0 unspecified atom stereocenters. The maximum Gasteiger partial charge on any atom is 0.248 e. The second-order valence-electron chi connectivity index (χ2n) is 10.1. The molecule has 6 heteroatoms. The minimum absolute atomic E-state index is 0.0996. The Morgan fingerprint density at radius 2 is 1.38 bits per heavy atom. The summed E-state index contributed by atoms with van der Waals surface area (Å²) in [5.74, 6) is 2.83. The molecule has 29 heavy (non-hydrogen) atoms. The SMILES string of the molecule is CC(C)CN1CC(C(=O)N2CCC(C3CCN(C(=O)COC(C)C)CC3)CC2)C1. The van der Waals surface area contributed by atoms with Crippen LogP contribution in [0.5, 0.6) is 0 Å². The third kappa shape index (κ3) is 6.17. The van der Waals surface area contributed by atoms with Gasteiger partial charge >= 0.3 is 0 Å². The van der Waals surface area contributed by atoms with Crippen LogP contribution in [0.15, 0.2) is 0 Å². The molecule has 0 saturated carbocycles. The summed E-state index contributed by atoms with van der Waals surface area (Å²) in [5.41, 5.74) is 0. The van der Waals surface area contributed by atoms with Gasteiger partial charge in [0, 0.05) is 45.8 Å². The lowest BCUT2D eigenvalue weighted by molar-refractivity contribution is -0.144. The van der Waals surface area contributed by atoms with E-state index in [1.54, 1.807) is 0 Å². The highest BCUT2D eigenvalue weighted by Crippen LogP contribution is 2.33. The van der Waals surface area contributed by atoms with E-state index in [0.29, 0.717) is 23.7 Å². The molecule has 0 atom stereocenters. The fourth-order valence-electron chi connectivity index (χ4n) is 5.19. The summed E-state index contributed by atoms with van der Waals surface area (Å²) in [6, 6.07) is 0. The number of amides is 2. The van der Waals surface area contributed by atoms with Crippen LogP contribution in [0.2, 0.25) is 0 Å². The summed E-state index contributed by atoms with van der Waals surface area (Å²) in [7, 11) is 0. The predicted octanol–water partition coefficient (Wildman–Crippen LogP) is 2.48. The van der Waals surface area contributed by atoms with E-state index < -0.39 is 0 Å². The van der Waals surface area contributed by atoms with Crippen LogP contribution in [0.1, 0.15) is 53.4 Å². The van der Waals surface area contributed by atoms with Crippen LogP contribution in [0, 0.1) is 23.7 Å². The molecule has 3 fully saturated rings. The maximum absolute atomic E-state index is 12.8. The highest BCUT2D eigenvalue weighted by atomic mass is 16.5. The summed E-state index contributed by atoms with van der Waals surface area (Å²) < 4.78 is 5.46. The van der Waals surface area contributed by atoms with Crippen molar-refractivity contribution >= 4 is 11.8 Å². The molecule has 0 aliphatic carbocycles. The zero-order valence-corrected chi connectivity index (χ0v) is 18.9. The molecular weight excluding hydrogens is 366 g/mol. The van der Waals surface area contributed by atoms with Crippen molar-refractivity contribution in [1.29, 1.82) is 0 Å². The van der Waals surface area contributed by atoms with Crippen molar-refractivity contribution in [3.05, 3.63) is 0 Å². The number of carbonyl (C=O) groups is 2. The van der Waals surface area contributed by atoms with E-state index in [1.807, 2.05) is 18.7 Å². The van der Waals surface area contributed by atoms with E-state index in [4.69, 9.17) is 4.74 Å². The molecule has 0 aromatic heterocycles. The zero-order valence-electron chi connectivity index (χ0n) is 18.9. The smallest absolute Gasteiger partial charge is 0.248 e. The van der Waals surface area contributed by atoms with Gasteiger partial charge in [-0.3, -0.25) is 9.59 Å². The number of hydrogen-bond donors (Lipinski definition) is 0. The van der Waals surface area contributed by atoms with Gasteiger partial charge in [0.05, 0.1) is 12.0 Å². The monoisotopic (exact) mass is 407 g/mol. The van der Waals surface area contributed by atoms with Gasteiger partial charge in [0.1, 0.15) is 6.61 Å². The van der Waals surface area contributed by atoms with Crippen LogP contribution in [0.25, 0.3) is 0 Å². The van der Waals surface area contributed by atoms with Gasteiger partial charge in [-0.2, -0.15) is 0 Å². The molecule has 3 aliphatic heterocycles. The molecule has 3 heterocycles. The number of likely N-dealkylation sites (tertiary alicyclic amines) is 3. The van der Waals surface area contributed by atoms with Crippen LogP contribution < -0.4 is 0 Å². The summed E-state index contributed by atoms with van der Waals surface area (Å²) in [6.45, 7) is 15.2. The third-order valence-corrected chi connectivity index (χ3v) is 6.88. The minimum atomic E-state index is 0.0996. The molecule has 3 rings (SSSR count). The lowest BCUT2D eigenvalue weighted by Crippen LogP contribution is -2.56. The van der Waals surface area contributed by atoms with Crippen LogP contribution in [-0.4, -0.2) is 85.0 Å². The van der Waals surface area contributed by atoms with E-state index in [9.17, 15) is 9.59 Å². The minimum Gasteiger partial charge on any atom is -0.369 e. The Labute approximate surface area is 176 Å². The van der Waals surface area contributed by atoms with E-state index in [0.717, 1.165) is 71.5 Å². The molecule has 0 aromatic rings. The van der Waals surface area contributed by atoms with Crippen molar-refractivity contribution in [2.75, 3.05) is 52.4 Å². The standard InChI is InChI=1S/C23H41N3O3/c1-17(2)13-24-14-21(15-24)23(28)26-11-7-20(8-12-26)19-5-9-25(10-6-19)22(27)16-29-18(3)4/h17-21H,5-16H2,1-4H3. The van der Waals surface area contributed by atoms with Crippen molar-refractivity contribution in [1.82, 2.24) is 14.7 Å². The molecule has 0 N–H and O–H groups in total. The average molecular weight is 408 g/mol. The number of rotatable bonds is 7. The second-order valence-corrected chi connectivity index (χ2v) is 10.1. The Balaban J connectivity index is 1.34. The molecule has 0 bridgehead atoms. The summed E-state index contributed by atoms with van der Waals surface area (Å²) in [6.07, 6.45) is 4.55. The second kappa shape index (κ2) is 10.3. The number of nitrogens with zero attached hydrogens (tertiary/aromatic N) is 3. The van der Waals surface area contributed by atoms with Crippen molar-refractivity contribution in [3.63, 3.8) is 0 Å². The average Bonchev–Trinajstić information content (AvgIpc) is 2.68. The fourth-order valence-corrected chi connectivity index (χ4v) is 5.19. The Morgan fingerprint density at radius 3 is 1.86 bits per heavy atom. The quantitative estimate of drug-likeness (QED) is 0.651. The Hall–Kier alpha value is -1.14. The van der Waals surface area contributed by atoms with Crippen LogP contribution in [0.4, 0.5) is 0 Å². The molecule has 3 aliphatic rings. The van der Waals surface area contributed by atoms with Gasteiger partial charge < -0.3 is 19.4 Å². The van der Waals surface area contributed by atoms with Crippen molar-refractivity contribution in [2.45, 2.75) is 59.5 Å². The van der Waals surface area contributed by atoms with E-state index in [1.165, 1.54) is 0 Å². The van der Waals surface area contributed by atoms with Gasteiger partial charge in [0.15, 0.2) is 0 Å². The Kier molecular flexibility index (Phi) is 7.97. The molecular formula is C23H41N3O3. The summed E-state index contributed by atoms with van der Waals surface area (Å²) in [5, 5.41) is 0. The molecule has 0 spiro atoms. The molecule has 166 valence electrons. The van der Waals surface area contributed by atoms with Crippen LogP contribution >= 0.6 is 0 Å². The molecule has 0 radical (unpaired) electrons. The molecule has 0 aromatic carbocycles. The highest BCUT2D eigenvalue weighted by molar-refractivity contribution is 5.80. The normalized spacial score (nSPS) is 23.1. The van der Waals surface area contributed by atoms with Gasteiger partial charge in [-0.05, 0) is 57.3 Å². The van der Waals surface area contributed by atoms with Gasteiger partial charge in [-0.1, -0.05) is 13.8 Å². The van der Waals surface area contributed by atoms with Gasteiger partial charge in [0.25, 0.3) is 0 Å². The van der Waals surface area contributed by atoms with E-state index >= 15 is 0 Å². The lowest BCUT2D eigenvalue weighted by Gasteiger charge is -2.44. The zero-order chi connectivity index (χ0) is 21.0. The maximum atomic E-state index is 12.8. The highest BCUT2D eigenvalue weighted by Gasteiger charge is 2.38. The number of piperidine rings is 2. The number of hydrogen-bond acceptors (Lipinski definition) is 4. The largest absolute Gasteiger partial charge is 0.369 e. The van der Waals surface area contributed by atoms with Crippen molar-refractivity contribution in [3.8, 4) is 0 Å². The van der Waals surface area contributed by atoms with E-state index in [-0.39, 0.29) is 24.5 Å².